The van der Waals surface area contributed by atoms with Gasteiger partial charge in [0.05, 0.1) is 10.9 Å². The first-order valence-electron chi connectivity index (χ1n) is 5.47. The summed E-state index contributed by atoms with van der Waals surface area (Å²) in [5.74, 6) is 0.446. The largest absolute Gasteiger partial charge is 0.330 e. The van der Waals surface area contributed by atoms with Crippen molar-refractivity contribution in [3.05, 3.63) is 30.3 Å². The molecule has 0 aliphatic carbocycles. The Labute approximate surface area is 104 Å². The quantitative estimate of drug-likeness (QED) is 0.810. The van der Waals surface area contributed by atoms with Crippen molar-refractivity contribution >= 4 is 29.3 Å². The molecule has 1 aliphatic heterocycles. The minimum Gasteiger partial charge on any atom is -0.330 e. The summed E-state index contributed by atoms with van der Waals surface area (Å²) in [7, 11) is 0. The molecule has 0 radical (unpaired) electrons. The Kier molecular flexibility index (Phi) is 3.81. The number of nitrogens with two attached hydrogens (primary N) is 1. The van der Waals surface area contributed by atoms with Crippen LogP contribution in [0.4, 0.5) is 5.69 Å². The number of amides is 2. The van der Waals surface area contributed by atoms with Gasteiger partial charge in [-0.25, -0.2) is 4.90 Å². The van der Waals surface area contributed by atoms with Gasteiger partial charge in [0.2, 0.25) is 11.8 Å². The highest BCUT2D eigenvalue weighted by Gasteiger charge is 2.39. The van der Waals surface area contributed by atoms with Crippen LogP contribution in [0.15, 0.2) is 30.3 Å². The predicted molar refractivity (Wildman–Crippen MR) is 68.9 cm³/mol. The summed E-state index contributed by atoms with van der Waals surface area (Å²) in [5, 5.41) is -0.272. The molecule has 2 rings (SSSR count). The second-order valence-electron chi connectivity index (χ2n) is 3.76. The summed E-state index contributed by atoms with van der Waals surface area (Å²) < 4.78 is 0. The van der Waals surface area contributed by atoms with Gasteiger partial charge in [0.25, 0.3) is 0 Å². The van der Waals surface area contributed by atoms with Crippen molar-refractivity contribution in [3.63, 3.8) is 0 Å². The van der Waals surface area contributed by atoms with Gasteiger partial charge in [-0.1, -0.05) is 18.2 Å². The molecule has 0 spiro atoms. The number of nitrogens with zero attached hydrogens (tertiary/aromatic N) is 1. The average molecular weight is 250 g/mol. The molecule has 0 aromatic heterocycles. The first-order valence-corrected chi connectivity index (χ1v) is 6.52. The van der Waals surface area contributed by atoms with E-state index >= 15 is 0 Å². The Hall–Kier alpha value is -1.33. The zero-order valence-corrected chi connectivity index (χ0v) is 10.2. The van der Waals surface area contributed by atoms with E-state index in [-0.39, 0.29) is 23.5 Å². The lowest BCUT2D eigenvalue weighted by Gasteiger charge is -2.14. The van der Waals surface area contributed by atoms with E-state index in [0.29, 0.717) is 18.0 Å². The number of benzene rings is 1. The molecule has 1 aromatic carbocycles. The van der Waals surface area contributed by atoms with Gasteiger partial charge in [-0.3, -0.25) is 9.59 Å². The fraction of sp³-hybridized carbons (Fsp3) is 0.333. The molecule has 17 heavy (non-hydrogen) atoms. The minimum absolute atomic E-state index is 0.125. The number of anilines is 1. The highest BCUT2D eigenvalue weighted by atomic mass is 32.2. The maximum atomic E-state index is 12.1. The Morgan fingerprint density at radius 3 is 2.65 bits per heavy atom. The summed E-state index contributed by atoms with van der Waals surface area (Å²) in [5.41, 5.74) is 6.05. The van der Waals surface area contributed by atoms with E-state index in [1.807, 2.05) is 18.2 Å². The van der Waals surface area contributed by atoms with E-state index in [0.717, 1.165) is 0 Å². The monoisotopic (exact) mass is 250 g/mol. The van der Waals surface area contributed by atoms with Crippen LogP contribution in [0.3, 0.4) is 0 Å². The molecule has 1 saturated heterocycles. The Balaban J connectivity index is 2.15. The van der Waals surface area contributed by atoms with Crippen LogP contribution in [0, 0.1) is 0 Å². The van der Waals surface area contributed by atoms with Gasteiger partial charge in [-0.05, 0) is 12.1 Å². The first kappa shape index (κ1) is 12.1. The van der Waals surface area contributed by atoms with Crippen molar-refractivity contribution in [3.8, 4) is 0 Å². The SMILES string of the molecule is NCCS[C@H]1CC(=O)N(c2ccccc2)C1=O. The lowest BCUT2D eigenvalue weighted by molar-refractivity contribution is -0.121. The van der Waals surface area contributed by atoms with Crippen LogP contribution in [0.25, 0.3) is 0 Å². The summed E-state index contributed by atoms with van der Waals surface area (Å²) >= 11 is 1.46. The summed E-state index contributed by atoms with van der Waals surface area (Å²) in [6.07, 6.45) is 0.276. The molecule has 4 nitrogen and oxygen atoms in total. The van der Waals surface area contributed by atoms with Crippen molar-refractivity contribution in [2.45, 2.75) is 11.7 Å². The van der Waals surface area contributed by atoms with E-state index in [1.54, 1.807) is 12.1 Å². The fourth-order valence-electron chi connectivity index (χ4n) is 1.79. The van der Waals surface area contributed by atoms with Crippen LogP contribution in [-0.4, -0.2) is 29.4 Å². The number of hydrogen-bond acceptors (Lipinski definition) is 4. The Bertz CT molecular complexity index is 422. The van der Waals surface area contributed by atoms with Crippen molar-refractivity contribution in [1.82, 2.24) is 0 Å². The van der Waals surface area contributed by atoms with Gasteiger partial charge < -0.3 is 5.73 Å². The number of carbonyl (C=O) groups is 2. The summed E-state index contributed by atoms with van der Waals surface area (Å²) in [6, 6.07) is 9.03. The third kappa shape index (κ3) is 2.50. The van der Waals surface area contributed by atoms with E-state index < -0.39 is 0 Å². The number of para-hydroxylation sites is 1. The van der Waals surface area contributed by atoms with Crippen molar-refractivity contribution in [2.75, 3.05) is 17.2 Å². The molecule has 1 aromatic rings. The highest BCUT2D eigenvalue weighted by Crippen LogP contribution is 2.28. The van der Waals surface area contributed by atoms with E-state index in [4.69, 9.17) is 5.73 Å². The van der Waals surface area contributed by atoms with E-state index in [2.05, 4.69) is 0 Å². The topological polar surface area (TPSA) is 63.4 Å². The van der Waals surface area contributed by atoms with Gasteiger partial charge in [0.1, 0.15) is 0 Å². The molecule has 0 bridgehead atoms. The van der Waals surface area contributed by atoms with Crippen molar-refractivity contribution in [1.29, 1.82) is 0 Å². The molecule has 1 aliphatic rings. The lowest BCUT2D eigenvalue weighted by atomic mass is 10.3. The van der Waals surface area contributed by atoms with Crippen molar-refractivity contribution in [2.24, 2.45) is 5.73 Å². The molecule has 2 N–H and O–H groups in total. The molecule has 2 amide bonds. The van der Waals surface area contributed by atoms with Crippen LogP contribution in [0.1, 0.15) is 6.42 Å². The van der Waals surface area contributed by atoms with Crippen LogP contribution in [0.2, 0.25) is 0 Å². The standard InChI is InChI=1S/C12H14N2O2S/c13-6-7-17-10-8-11(15)14(12(10)16)9-4-2-1-3-5-9/h1-5,10H,6-8,13H2/t10-/m0/s1. The number of carbonyl (C=O) groups excluding carboxylic acids is 2. The van der Waals surface area contributed by atoms with Crippen LogP contribution < -0.4 is 10.6 Å². The predicted octanol–water partition coefficient (Wildman–Crippen LogP) is 1.01. The van der Waals surface area contributed by atoms with E-state index in [9.17, 15) is 9.59 Å². The Morgan fingerprint density at radius 2 is 2.00 bits per heavy atom. The Morgan fingerprint density at radius 1 is 1.29 bits per heavy atom. The van der Waals surface area contributed by atoms with Gasteiger partial charge in [0.15, 0.2) is 0 Å². The van der Waals surface area contributed by atoms with Gasteiger partial charge >= 0.3 is 0 Å². The molecule has 1 heterocycles. The number of hydrogen-bond donors (Lipinski definition) is 1. The molecular weight excluding hydrogens is 236 g/mol. The fourth-order valence-corrected chi connectivity index (χ4v) is 2.72. The van der Waals surface area contributed by atoms with Crippen molar-refractivity contribution < 1.29 is 9.59 Å². The molecule has 1 atom stereocenters. The lowest BCUT2D eigenvalue weighted by Crippen LogP contribution is -2.31. The molecule has 0 saturated carbocycles. The van der Waals surface area contributed by atoms with Gasteiger partial charge in [-0.2, -0.15) is 0 Å². The molecule has 0 unspecified atom stereocenters. The number of rotatable bonds is 4. The van der Waals surface area contributed by atoms with Crippen LogP contribution >= 0.6 is 11.8 Å². The first-order chi connectivity index (χ1) is 8.24. The number of thioether (sulfide) groups is 1. The highest BCUT2D eigenvalue weighted by molar-refractivity contribution is 8.00. The third-order valence-corrected chi connectivity index (χ3v) is 3.80. The molecule has 5 heteroatoms. The van der Waals surface area contributed by atoms with Crippen LogP contribution in [0.5, 0.6) is 0 Å². The smallest absolute Gasteiger partial charge is 0.247 e. The summed E-state index contributed by atoms with van der Waals surface area (Å²) in [4.78, 5) is 25.2. The average Bonchev–Trinajstić information content (AvgIpc) is 2.63. The second-order valence-corrected chi connectivity index (χ2v) is 5.07. The molecular formula is C12H14N2O2S. The molecule has 1 fully saturated rings. The zero-order chi connectivity index (χ0) is 12.3. The minimum atomic E-state index is -0.272. The second kappa shape index (κ2) is 5.33. The zero-order valence-electron chi connectivity index (χ0n) is 9.33. The van der Waals surface area contributed by atoms with Crippen LogP contribution in [-0.2, 0) is 9.59 Å². The summed E-state index contributed by atoms with van der Waals surface area (Å²) in [6.45, 7) is 0.522. The van der Waals surface area contributed by atoms with Gasteiger partial charge in [0, 0.05) is 18.7 Å². The maximum absolute atomic E-state index is 12.1. The third-order valence-electron chi connectivity index (χ3n) is 2.56. The number of imide groups is 1. The normalized spacial score (nSPS) is 20.1. The van der Waals surface area contributed by atoms with E-state index in [1.165, 1.54) is 16.7 Å². The van der Waals surface area contributed by atoms with Gasteiger partial charge in [-0.15, -0.1) is 11.8 Å². The molecule has 90 valence electrons. The maximum Gasteiger partial charge on any atom is 0.247 e.